The van der Waals surface area contributed by atoms with E-state index in [0.717, 1.165) is 28.8 Å². The van der Waals surface area contributed by atoms with Gasteiger partial charge >= 0.3 is 0 Å². The Hall–Kier alpha value is -1.10. The molecular weight excluding hydrogens is 282 g/mol. The first kappa shape index (κ1) is 14.0. The molecule has 0 unspecified atom stereocenters. The van der Waals surface area contributed by atoms with Gasteiger partial charge in [-0.25, -0.2) is 4.98 Å². The predicted octanol–water partition coefficient (Wildman–Crippen LogP) is 2.48. The van der Waals surface area contributed by atoms with E-state index in [1.165, 1.54) is 0 Å². The van der Waals surface area contributed by atoms with E-state index in [2.05, 4.69) is 31.5 Å². The van der Waals surface area contributed by atoms with Gasteiger partial charge < -0.3 is 10.6 Å². The average Bonchev–Trinajstić information content (AvgIpc) is 2.29. The highest BCUT2D eigenvalue weighted by Gasteiger charge is 2.03. The molecule has 1 heterocycles. The molecule has 0 aliphatic carbocycles. The first-order valence-electron chi connectivity index (χ1n) is 5.76. The summed E-state index contributed by atoms with van der Waals surface area (Å²) in [5.74, 6) is 0.849. The molecule has 0 saturated carbocycles. The Morgan fingerprint density at radius 1 is 1.47 bits per heavy atom. The van der Waals surface area contributed by atoms with Gasteiger partial charge in [-0.15, -0.1) is 0 Å². The van der Waals surface area contributed by atoms with Crippen LogP contribution in [0.25, 0.3) is 0 Å². The molecule has 1 aromatic heterocycles. The normalized spacial score (nSPS) is 10.1. The lowest BCUT2D eigenvalue weighted by Crippen LogP contribution is -2.26. The Bertz CT molecular complexity index is 382. The second-order valence-corrected chi connectivity index (χ2v) is 4.72. The van der Waals surface area contributed by atoms with Gasteiger partial charge in [-0.3, -0.25) is 4.79 Å². The van der Waals surface area contributed by atoms with Crippen molar-refractivity contribution in [2.24, 2.45) is 0 Å². The number of anilines is 1. The summed E-state index contributed by atoms with van der Waals surface area (Å²) >= 11 is 3.43. The molecule has 0 aliphatic heterocycles. The number of hydrogen-bond donors (Lipinski definition) is 2. The smallest absolute Gasteiger partial charge is 0.221 e. The SMILES string of the molecule is CCCNC(=O)CCNc1ncc(C)cc1Br. The van der Waals surface area contributed by atoms with Crippen LogP contribution in [0.1, 0.15) is 25.3 Å². The third-order valence-corrected chi connectivity index (χ3v) is 2.80. The van der Waals surface area contributed by atoms with Crippen LogP contribution in [0.5, 0.6) is 0 Å². The number of nitrogens with zero attached hydrogens (tertiary/aromatic N) is 1. The zero-order valence-corrected chi connectivity index (χ0v) is 11.8. The van der Waals surface area contributed by atoms with Gasteiger partial charge in [-0.05, 0) is 40.9 Å². The topological polar surface area (TPSA) is 54.0 Å². The maximum Gasteiger partial charge on any atom is 0.221 e. The highest BCUT2D eigenvalue weighted by Crippen LogP contribution is 2.20. The summed E-state index contributed by atoms with van der Waals surface area (Å²) in [6.07, 6.45) is 3.22. The lowest BCUT2D eigenvalue weighted by molar-refractivity contribution is -0.120. The molecule has 0 fully saturated rings. The van der Waals surface area contributed by atoms with E-state index in [0.29, 0.717) is 13.0 Å². The van der Waals surface area contributed by atoms with Crippen molar-refractivity contribution in [3.8, 4) is 0 Å². The molecule has 0 saturated heterocycles. The number of nitrogens with one attached hydrogen (secondary N) is 2. The fourth-order valence-corrected chi connectivity index (χ4v) is 1.91. The van der Waals surface area contributed by atoms with E-state index < -0.39 is 0 Å². The van der Waals surface area contributed by atoms with Crippen molar-refractivity contribution in [3.05, 3.63) is 22.3 Å². The first-order chi connectivity index (χ1) is 8.13. The van der Waals surface area contributed by atoms with Crippen LogP contribution in [0.15, 0.2) is 16.7 Å². The fourth-order valence-electron chi connectivity index (χ4n) is 1.31. The lowest BCUT2D eigenvalue weighted by Gasteiger charge is -2.08. The molecule has 0 aromatic carbocycles. The molecular formula is C12H18BrN3O. The number of amides is 1. The number of carbonyl (C=O) groups is 1. The molecule has 0 atom stereocenters. The summed E-state index contributed by atoms with van der Waals surface area (Å²) in [4.78, 5) is 15.6. The number of halogens is 1. The number of rotatable bonds is 6. The molecule has 0 bridgehead atoms. The number of aryl methyl sites for hydroxylation is 1. The van der Waals surface area contributed by atoms with Crippen LogP contribution >= 0.6 is 15.9 Å². The zero-order valence-electron chi connectivity index (χ0n) is 10.2. The van der Waals surface area contributed by atoms with E-state index in [-0.39, 0.29) is 5.91 Å². The minimum absolute atomic E-state index is 0.0718. The maximum atomic E-state index is 11.3. The van der Waals surface area contributed by atoms with Gasteiger partial charge in [-0.1, -0.05) is 6.92 Å². The van der Waals surface area contributed by atoms with Crippen LogP contribution in [0.2, 0.25) is 0 Å². The van der Waals surface area contributed by atoms with Crippen molar-refractivity contribution >= 4 is 27.7 Å². The third kappa shape index (κ3) is 5.17. The zero-order chi connectivity index (χ0) is 12.7. The standard InChI is InChI=1S/C12H18BrN3O/c1-3-5-14-11(17)4-6-15-12-10(13)7-9(2)8-16-12/h7-8H,3-6H2,1-2H3,(H,14,17)(H,15,16). The summed E-state index contributed by atoms with van der Waals surface area (Å²) in [6, 6.07) is 1.99. The first-order valence-corrected chi connectivity index (χ1v) is 6.55. The van der Waals surface area contributed by atoms with Gasteiger partial charge in [0.25, 0.3) is 0 Å². The van der Waals surface area contributed by atoms with Crippen LogP contribution in [0.4, 0.5) is 5.82 Å². The van der Waals surface area contributed by atoms with Gasteiger partial charge in [0.05, 0.1) is 4.47 Å². The average molecular weight is 300 g/mol. The van der Waals surface area contributed by atoms with Crippen molar-refractivity contribution in [2.45, 2.75) is 26.7 Å². The minimum Gasteiger partial charge on any atom is -0.369 e. The molecule has 0 aliphatic rings. The second kappa shape index (κ2) is 7.27. The van der Waals surface area contributed by atoms with Gasteiger partial charge in [0.1, 0.15) is 5.82 Å². The summed E-state index contributed by atoms with van der Waals surface area (Å²) in [5.41, 5.74) is 1.10. The van der Waals surface area contributed by atoms with Crippen LogP contribution in [-0.2, 0) is 4.79 Å². The number of pyridine rings is 1. The minimum atomic E-state index is 0.0718. The Kier molecular flexibility index (Phi) is 5.97. The summed E-state index contributed by atoms with van der Waals surface area (Å²) in [6.45, 7) is 5.35. The second-order valence-electron chi connectivity index (χ2n) is 3.87. The molecule has 2 N–H and O–H groups in total. The van der Waals surface area contributed by atoms with E-state index in [9.17, 15) is 4.79 Å². The molecule has 0 spiro atoms. The van der Waals surface area contributed by atoms with Crippen LogP contribution in [0.3, 0.4) is 0 Å². The van der Waals surface area contributed by atoms with Gasteiger partial charge in [-0.2, -0.15) is 0 Å². The van der Waals surface area contributed by atoms with Crippen molar-refractivity contribution in [2.75, 3.05) is 18.4 Å². The van der Waals surface area contributed by atoms with Crippen molar-refractivity contribution in [1.29, 1.82) is 0 Å². The summed E-state index contributed by atoms with van der Waals surface area (Å²) in [7, 11) is 0. The summed E-state index contributed by atoms with van der Waals surface area (Å²) in [5, 5.41) is 5.96. The molecule has 1 rings (SSSR count). The number of aromatic nitrogens is 1. The highest BCUT2D eigenvalue weighted by molar-refractivity contribution is 9.10. The van der Waals surface area contributed by atoms with Crippen molar-refractivity contribution < 1.29 is 4.79 Å². The third-order valence-electron chi connectivity index (χ3n) is 2.19. The lowest BCUT2D eigenvalue weighted by atomic mass is 10.3. The molecule has 1 aromatic rings. The maximum absolute atomic E-state index is 11.3. The van der Waals surface area contributed by atoms with E-state index in [1.807, 2.05) is 19.9 Å². The van der Waals surface area contributed by atoms with E-state index in [1.54, 1.807) is 6.20 Å². The van der Waals surface area contributed by atoms with Crippen LogP contribution in [-0.4, -0.2) is 24.0 Å². The molecule has 1 amide bonds. The molecule has 5 heteroatoms. The quantitative estimate of drug-likeness (QED) is 0.848. The summed E-state index contributed by atoms with van der Waals surface area (Å²) < 4.78 is 0.923. The van der Waals surface area contributed by atoms with Crippen molar-refractivity contribution in [3.63, 3.8) is 0 Å². The van der Waals surface area contributed by atoms with Crippen LogP contribution in [0, 0.1) is 6.92 Å². The van der Waals surface area contributed by atoms with E-state index >= 15 is 0 Å². The Balaban J connectivity index is 2.33. The van der Waals surface area contributed by atoms with Crippen LogP contribution < -0.4 is 10.6 Å². The van der Waals surface area contributed by atoms with Gasteiger partial charge in [0.2, 0.25) is 5.91 Å². The highest BCUT2D eigenvalue weighted by atomic mass is 79.9. The van der Waals surface area contributed by atoms with Gasteiger partial charge in [0.15, 0.2) is 0 Å². The predicted molar refractivity (Wildman–Crippen MR) is 73.1 cm³/mol. The van der Waals surface area contributed by atoms with Crippen molar-refractivity contribution in [1.82, 2.24) is 10.3 Å². The monoisotopic (exact) mass is 299 g/mol. The molecule has 94 valence electrons. The number of hydrogen-bond acceptors (Lipinski definition) is 3. The molecule has 4 nitrogen and oxygen atoms in total. The number of carbonyl (C=O) groups excluding carboxylic acids is 1. The van der Waals surface area contributed by atoms with E-state index in [4.69, 9.17) is 0 Å². The molecule has 0 radical (unpaired) electrons. The Morgan fingerprint density at radius 3 is 2.88 bits per heavy atom. The molecule has 17 heavy (non-hydrogen) atoms. The van der Waals surface area contributed by atoms with Gasteiger partial charge in [0, 0.05) is 25.7 Å². The Morgan fingerprint density at radius 2 is 2.24 bits per heavy atom. The largest absolute Gasteiger partial charge is 0.369 e. The fraction of sp³-hybridized carbons (Fsp3) is 0.500. The Labute approximate surface area is 110 Å².